The Morgan fingerprint density at radius 2 is 2.12 bits per heavy atom. The van der Waals surface area contributed by atoms with Gasteiger partial charge >= 0.3 is 0 Å². The van der Waals surface area contributed by atoms with E-state index in [0.29, 0.717) is 0 Å². The average Bonchev–Trinajstić information content (AvgIpc) is 1.84. The van der Waals surface area contributed by atoms with Gasteiger partial charge in [-0.2, -0.15) is 5.26 Å². The molecule has 0 aromatic rings. The highest BCUT2D eigenvalue weighted by molar-refractivity contribution is 4.81. The van der Waals surface area contributed by atoms with Crippen molar-refractivity contribution < 1.29 is 5.11 Å². The maximum absolute atomic E-state index is 8.49. The molecule has 8 heavy (non-hydrogen) atoms. The molecule has 0 aliphatic heterocycles. The fourth-order valence-electron chi connectivity index (χ4n) is 0.285. The monoisotopic (exact) mass is 113 g/mol. The van der Waals surface area contributed by atoms with Gasteiger partial charge < -0.3 is 5.11 Å². The summed E-state index contributed by atoms with van der Waals surface area (Å²) in [4.78, 5) is 0. The van der Waals surface area contributed by atoms with E-state index < -0.39 is 0 Å². The van der Waals surface area contributed by atoms with Crippen LogP contribution in [0, 0.1) is 23.2 Å². The Kier molecular flexibility index (Phi) is 3.21. The highest BCUT2D eigenvalue weighted by atomic mass is 16.3. The number of hydrogen-bond donors (Lipinski definition) is 1. The summed E-state index contributed by atoms with van der Waals surface area (Å²) in [6, 6.07) is 2.06. The lowest BCUT2D eigenvalue weighted by Crippen LogP contribution is -2.09. The van der Waals surface area contributed by atoms with Gasteiger partial charge in [0.25, 0.3) is 0 Å². The molecular formula is C6H11NO. The molecule has 0 amide bonds. The lowest BCUT2D eigenvalue weighted by atomic mass is 9.99. The molecule has 0 bridgehead atoms. The van der Waals surface area contributed by atoms with Gasteiger partial charge in [-0.25, -0.2) is 0 Å². The van der Waals surface area contributed by atoms with Crippen LogP contribution < -0.4 is 0 Å². The zero-order chi connectivity index (χ0) is 6.57. The van der Waals surface area contributed by atoms with Gasteiger partial charge in [0.05, 0.1) is 6.07 Å². The van der Waals surface area contributed by atoms with Crippen LogP contribution in [0.1, 0.15) is 13.8 Å². The first-order chi connectivity index (χ1) is 3.72. The SMILES string of the molecule is CC(C#N)C(C)CO. The average molecular weight is 113 g/mol. The van der Waals surface area contributed by atoms with Crippen molar-refractivity contribution in [1.29, 1.82) is 5.26 Å². The van der Waals surface area contributed by atoms with Gasteiger partial charge in [0, 0.05) is 12.5 Å². The molecule has 0 aromatic heterocycles. The van der Waals surface area contributed by atoms with E-state index in [1.54, 1.807) is 6.92 Å². The minimum absolute atomic E-state index is 0.0278. The molecule has 2 nitrogen and oxygen atoms in total. The lowest BCUT2D eigenvalue weighted by Gasteiger charge is -2.07. The predicted octanol–water partition coefficient (Wildman–Crippen LogP) is 0.774. The van der Waals surface area contributed by atoms with E-state index in [1.807, 2.05) is 6.92 Å². The summed E-state index contributed by atoms with van der Waals surface area (Å²) in [5.41, 5.74) is 0. The highest BCUT2D eigenvalue weighted by Gasteiger charge is 2.07. The Balaban J connectivity index is 3.49. The summed E-state index contributed by atoms with van der Waals surface area (Å²) in [6.07, 6.45) is 0. The molecule has 0 heterocycles. The first-order valence-corrected chi connectivity index (χ1v) is 2.72. The summed E-state index contributed by atoms with van der Waals surface area (Å²) in [6.45, 7) is 3.77. The zero-order valence-electron chi connectivity index (χ0n) is 5.26. The predicted molar refractivity (Wildman–Crippen MR) is 31.0 cm³/mol. The van der Waals surface area contributed by atoms with Crippen LogP contribution in [-0.2, 0) is 0 Å². The van der Waals surface area contributed by atoms with Crippen molar-refractivity contribution in [3.63, 3.8) is 0 Å². The molecule has 0 rings (SSSR count). The molecule has 2 heteroatoms. The van der Waals surface area contributed by atoms with Crippen LogP contribution in [0.3, 0.4) is 0 Å². The van der Waals surface area contributed by atoms with E-state index in [1.165, 1.54) is 0 Å². The number of aliphatic hydroxyl groups excluding tert-OH is 1. The zero-order valence-corrected chi connectivity index (χ0v) is 5.26. The maximum atomic E-state index is 8.49. The Hall–Kier alpha value is -0.550. The maximum Gasteiger partial charge on any atom is 0.0656 e. The Morgan fingerprint density at radius 1 is 1.62 bits per heavy atom. The van der Waals surface area contributed by atoms with Crippen LogP contribution in [-0.4, -0.2) is 11.7 Å². The number of aliphatic hydroxyl groups is 1. The smallest absolute Gasteiger partial charge is 0.0656 e. The molecule has 0 aliphatic rings. The third-order valence-electron chi connectivity index (χ3n) is 1.35. The highest BCUT2D eigenvalue weighted by Crippen LogP contribution is 2.06. The molecule has 0 saturated carbocycles. The lowest BCUT2D eigenvalue weighted by molar-refractivity contribution is 0.215. The number of nitrogens with zero attached hydrogens (tertiary/aromatic N) is 1. The van der Waals surface area contributed by atoms with Crippen LogP contribution in [0.15, 0.2) is 0 Å². The van der Waals surface area contributed by atoms with Crippen LogP contribution >= 0.6 is 0 Å². The standard InChI is InChI=1S/C6H11NO/c1-5(3-7)6(2)4-8/h5-6,8H,4H2,1-2H3. The van der Waals surface area contributed by atoms with Gasteiger partial charge in [0.15, 0.2) is 0 Å². The topological polar surface area (TPSA) is 44.0 Å². The van der Waals surface area contributed by atoms with Crippen molar-refractivity contribution in [2.45, 2.75) is 13.8 Å². The number of nitriles is 1. The Morgan fingerprint density at radius 3 is 2.25 bits per heavy atom. The van der Waals surface area contributed by atoms with Crippen molar-refractivity contribution in [1.82, 2.24) is 0 Å². The minimum atomic E-state index is -0.0278. The second kappa shape index (κ2) is 3.45. The van der Waals surface area contributed by atoms with Gasteiger partial charge in [-0.15, -0.1) is 0 Å². The largest absolute Gasteiger partial charge is 0.396 e. The van der Waals surface area contributed by atoms with Gasteiger partial charge in [-0.05, 0) is 12.8 Å². The second-order valence-electron chi connectivity index (χ2n) is 2.08. The molecule has 0 aliphatic carbocycles. The van der Waals surface area contributed by atoms with E-state index in [9.17, 15) is 0 Å². The van der Waals surface area contributed by atoms with Crippen molar-refractivity contribution in [3.8, 4) is 6.07 Å². The summed E-state index contributed by atoms with van der Waals surface area (Å²) in [7, 11) is 0. The first kappa shape index (κ1) is 7.45. The molecule has 0 radical (unpaired) electrons. The first-order valence-electron chi connectivity index (χ1n) is 2.72. The fourth-order valence-corrected chi connectivity index (χ4v) is 0.285. The van der Waals surface area contributed by atoms with E-state index in [-0.39, 0.29) is 18.4 Å². The quantitative estimate of drug-likeness (QED) is 0.575. The third kappa shape index (κ3) is 1.94. The minimum Gasteiger partial charge on any atom is -0.396 e. The summed E-state index contributed by atoms with van der Waals surface area (Å²) >= 11 is 0. The van der Waals surface area contributed by atoms with Crippen molar-refractivity contribution in [3.05, 3.63) is 0 Å². The molecule has 0 spiro atoms. The fraction of sp³-hybridized carbons (Fsp3) is 0.833. The second-order valence-corrected chi connectivity index (χ2v) is 2.08. The van der Waals surface area contributed by atoms with Crippen LogP contribution in [0.5, 0.6) is 0 Å². The molecule has 0 aromatic carbocycles. The van der Waals surface area contributed by atoms with Gasteiger partial charge in [-0.3, -0.25) is 0 Å². The van der Waals surface area contributed by atoms with E-state index in [0.717, 1.165) is 0 Å². The van der Waals surface area contributed by atoms with Crippen LogP contribution in [0.25, 0.3) is 0 Å². The number of rotatable bonds is 2. The summed E-state index contributed by atoms with van der Waals surface area (Å²) < 4.78 is 0. The molecule has 2 unspecified atom stereocenters. The van der Waals surface area contributed by atoms with Crippen LogP contribution in [0.4, 0.5) is 0 Å². The summed E-state index contributed by atoms with van der Waals surface area (Å²) in [5, 5.41) is 16.8. The van der Waals surface area contributed by atoms with E-state index >= 15 is 0 Å². The Bertz CT molecular complexity index is 95.2. The number of hydrogen-bond acceptors (Lipinski definition) is 2. The van der Waals surface area contributed by atoms with Crippen molar-refractivity contribution in [2.24, 2.45) is 11.8 Å². The van der Waals surface area contributed by atoms with Gasteiger partial charge in [0.2, 0.25) is 0 Å². The third-order valence-corrected chi connectivity index (χ3v) is 1.35. The molecule has 46 valence electrons. The molecule has 0 fully saturated rings. The molecule has 0 saturated heterocycles. The molecule has 1 N–H and O–H groups in total. The Labute approximate surface area is 49.8 Å². The summed E-state index contributed by atoms with van der Waals surface area (Å²) in [5.74, 6) is 0.0833. The van der Waals surface area contributed by atoms with Crippen molar-refractivity contribution in [2.75, 3.05) is 6.61 Å². The van der Waals surface area contributed by atoms with E-state index in [2.05, 4.69) is 6.07 Å². The van der Waals surface area contributed by atoms with E-state index in [4.69, 9.17) is 10.4 Å². The van der Waals surface area contributed by atoms with Gasteiger partial charge in [-0.1, -0.05) is 6.92 Å². The van der Waals surface area contributed by atoms with Crippen molar-refractivity contribution >= 4 is 0 Å². The molecule has 2 atom stereocenters. The molecular weight excluding hydrogens is 102 g/mol. The van der Waals surface area contributed by atoms with Gasteiger partial charge in [0.1, 0.15) is 0 Å². The normalized spacial score (nSPS) is 16.8. The van der Waals surface area contributed by atoms with Crippen LogP contribution in [0.2, 0.25) is 0 Å².